The summed E-state index contributed by atoms with van der Waals surface area (Å²) in [7, 11) is 0. The first-order chi connectivity index (χ1) is 16.5. The van der Waals surface area contributed by atoms with Gasteiger partial charge in [0.1, 0.15) is 0 Å². The number of carbonyl (C=O) groups excluding carboxylic acids is 2. The highest BCUT2D eigenvalue weighted by Crippen LogP contribution is 2.65. The molecule has 2 aromatic heterocycles. The molecule has 0 radical (unpaired) electrons. The minimum atomic E-state index is -0.459. The first kappa shape index (κ1) is 19.9. The van der Waals surface area contributed by atoms with E-state index >= 15 is 0 Å². The molecule has 4 aliphatic rings. The lowest BCUT2D eigenvalue weighted by atomic mass is 9.43. The molecule has 4 saturated carbocycles. The summed E-state index contributed by atoms with van der Waals surface area (Å²) < 4.78 is 0. The summed E-state index contributed by atoms with van der Waals surface area (Å²) in [4.78, 5) is 33.8. The highest BCUT2D eigenvalue weighted by atomic mass is 16.2. The van der Waals surface area contributed by atoms with Crippen LogP contribution in [0.3, 0.4) is 0 Å². The molecule has 0 spiro atoms. The van der Waals surface area contributed by atoms with Gasteiger partial charge in [0.2, 0.25) is 11.8 Å². The number of benzene rings is 2. The highest BCUT2D eigenvalue weighted by Gasteiger charge is 2.63. The van der Waals surface area contributed by atoms with Gasteiger partial charge in [0.25, 0.3) is 0 Å². The molecule has 6 nitrogen and oxygen atoms in total. The minimum absolute atomic E-state index is 0.0856. The van der Waals surface area contributed by atoms with Crippen LogP contribution in [0.2, 0.25) is 0 Å². The van der Waals surface area contributed by atoms with E-state index in [1.54, 1.807) is 0 Å². The van der Waals surface area contributed by atoms with Crippen LogP contribution in [0.25, 0.3) is 21.8 Å². The Morgan fingerprint density at radius 2 is 1.18 bits per heavy atom. The van der Waals surface area contributed by atoms with E-state index in [1.165, 1.54) is 0 Å². The van der Waals surface area contributed by atoms with Gasteiger partial charge in [0, 0.05) is 45.6 Å². The summed E-state index contributed by atoms with van der Waals surface area (Å²) in [5.41, 5.74) is 2.85. The Balaban J connectivity index is 1.16. The van der Waals surface area contributed by atoms with Crippen LogP contribution in [0.1, 0.15) is 38.5 Å². The monoisotopic (exact) mass is 452 g/mol. The fourth-order valence-electron chi connectivity index (χ4n) is 7.58. The zero-order valence-electron chi connectivity index (χ0n) is 19.0. The zero-order valence-corrected chi connectivity index (χ0v) is 19.0. The molecule has 4 bridgehead atoms. The van der Waals surface area contributed by atoms with Gasteiger partial charge >= 0.3 is 0 Å². The number of amides is 2. The normalized spacial score (nSPS) is 29.5. The molecule has 34 heavy (non-hydrogen) atoms. The van der Waals surface area contributed by atoms with Crippen molar-refractivity contribution in [2.45, 2.75) is 38.5 Å². The van der Waals surface area contributed by atoms with E-state index in [-0.39, 0.29) is 11.8 Å². The maximum atomic E-state index is 13.7. The predicted molar refractivity (Wildman–Crippen MR) is 133 cm³/mol. The van der Waals surface area contributed by atoms with Gasteiger partial charge in [0.15, 0.2) is 0 Å². The number of hydrogen-bond donors (Lipinski definition) is 4. The number of hydrogen-bond acceptors (Lipinski definition) is 2. The molecule has 2 aromatic carbocycles. The summed E-state index contributed by atoms with van der Waals surface area (Å²) in [5, 5.41) is 8.60. The van der Waals surface area contributed by atoms with Crippen molar-refractivity contribution in [3.63, 3.8) is 0 Å². The van der Waals surface area contributed by atoms with Crippen LogP contribution in [-0.4, -0.2) is 21.8 Å². The molecule has 4 aliphatic carbocycles. The number of H-pyrrole nitrogens is 2. The van der Waals surface area contributed by atoms with Gasteiger partial charge < -0.3 is 20.6 Å². The number of fused-ring (bicyclic) bond motifs is 2. The summed E-state index contributed by atoms with van der Waals surface area (Å²) >= 11 is 0. The second-order valence-corrected chi connectivity index (χ2v) is 11.0. The van der Waals surface area contributed by atoms with Gasteiger partial charge in [0.05, 0.1) is 10.8 Å². The van der Waals surface area contributed by atoms with E-state index in [9.17, 15) is 9.59 Å². The van der Waals surface area contributed by atoms with Crippen molar-refractivity contribution < 1.29 is 9.59 Å². The SMILES string of the molecule is O=C(Nc1ccc2[nH]ccc2c1)C12CC3CC(C1)CC(C(=O)Nc1ccc4[nH]ccc4c1)(C3)C2. The van der Waals surface area contributed by atoms with E-state index in [1.807, 2.05) is 60.9 Å². The Bertz CT molecular complexity index is 1330. The van der Waals surface area contributed by atoms with Crippen LogP contribution in [0, 0.1) is 22.7 Å². The fraction of sp³-hybridized carbons (Fsp3) is 0.357. The highest BCUT2D eigenvalue weighted by molar-refractivity contribution is 6.01. The Kier molecular flexibility index (Phi) is 4.08. The standard InChI is InChI=1S/C28H28N4O2/c33-25(31-21-1-3-23-19(10-21)5-7-29-23)27-12-17-9-18(13-27)15-28(14-17,16-27)26(34)32-22-2-4-24-20(11-22)6-8-30-24/h1-8,10-11,17-18,29-30H,9,12-16H2,(H,31,33)(H,32,34). The molecule has 4 fully saturated rings. The van der Waals surface area contributed by atoms with Crippen molar-refractivity contribution in [3.8, 4) is 0 Å². The van der Waals surface area contributed by atoms with E-state index in [0.29, 0.717) is 18.3 Å². The van der Waals surface area contributed by atoms with Crippen molar-refractivity contribution in [2.24, 2.45) is 22.7 Å². The molecule has 0 atom stereocenters. The van der Waals surface area contributed by atoms with Crippen LogP contribution in [0.15, 0.2) is 60.9 Å². The molecule has 2 amide bonds. The number of nitrogens with one attached hydrogen (secondary N) is 4. The van der Waals surface area contributed by atoms with Gasteiger partial charge in [-0.15, -0.1) is 0 Å². The summed E-state index contributed by atoms with van der Waals surface area (Å²) in [5.74, 6) is 1.05. The lowest BCUT2D eigenvalue weighted by molar-refractivity contribution is -0.161. The Morgan fingerprint density at radius 3 is 1.65 bits per heavy atom. The summed E-state index contributed by atoms with van der Waals surface area (Å²) in [6.45, 7) is 0. The van der Waals surface area contributed by atoms with Gasteiger partial charge in [-0.2, -0.15) is 0 Å². The number of aromatic amines is 2. The third-order valence-corrected chi connectivity index (χ3v) is 8.65. The third kappa shape index (κ3) is 3.01. The molecular formula is C28H28N4O2. The average molecular weight is 453 g/mol. The van der Waals surface area contributed by atoms with Crippen molar-refractivity contribution in [1.29, 1.82) is 0 Å². The average Bonchev–Trinajstić information content (AvgIpc) is 3.46. The quantitative estimate of drug-likeness (QED) is 0.315. The van der Waals surface area contributed by atoms with E-state index < -0.39 is 10.8 Å². The molecule has 4 aromatic rings. The first-order valence-corrected chi connectivity index (χ1v) is 12.3. The molecule has 6 heteroatoms. The van der Waals surface area contributed by atoms with Gasteiger partial charge in [-0.3, -0.25) is 9.59 Å². The van der Waals surface area contributed by atoms with Crippen molar-refractivity contribution >= 4 is 45.0 Å². The molecule has 0 saturated heterocycles. The number of aromatic nitrogens is 2. The Hall–Kier alpha value is -3.54. The molecule has 0 aliphatic heterocycles. The number of anilines is 2. The van der Waals surface area contributed by atoms with Gasteiger partial charge in [-0.25, -0.2) is 0 Å². The first-order valence-electron chi connectivity index (χ1n) is 12.3. The number of rotatable bonds is 4. The van der Waals surface area contributed by atoms with Crippen molar-refractivity contribution in [1.82, 2.24) is 9.97 Å². The predicted octanol–water partition coefficient (Wildman–Crippen LogP) is 5.81. The van der Waals surface area contributed by atoms with Crippen LogP contribution in [-0.2, 0) is 9.59 Å². The second kappa shape index (κ2) is 6.98. The van der Waals surface area contributed by atoms with Crippen molar-refractivity contribution in [2.75, 3.05) is 10.6 Å². The Morgan fingerprint density at radius 1 is 0.706 bits per heavy atom. The molecule has 2 heterocycles. The topological polar surface area (TPSA) is 89.8 Å². The molecule has 4 N–H and O–H groups in total. The van der Waals surface area contributed by atoms with Crippen LogP contribution < -0.4 is 10.6 Å². The lowest BCUT2D eigenvalue weighted by Gasteiger charge is -2.60. The molecule has 172 valence electrons. The third-order valence-electron chi connectivity index (χ3n) is 8.65. The summed E-state index contributed by atoms with van der Waals surface area (Å²) in [6, 6.07) is 16.0. The van der Waals surface area contributed by atoms with E-state index in [4.69, 9.17) is 0 Å². The maximum Gasteiger partial charge on any atom is 0.230 e. The van der Waals surface area contributed by atoms with Crippen LogP contribution in [0.5, 0.6) is 0 Å². The smallest absolute Gasteiger partial charge is 0.230 e. The second-order valence-electron chi connectivity index (χ2n) is 11.0. The zero-order chi connectivity index (χ0) is 22.9. The van der Waals surface area contributed by atoms with E-state index in [0.717, 1.165) is 65.3 Å². The summed E-state index contributed by atoms with van der Waals surface area (Å²) in [6.07, 6.45) is 9.19. The molecular weight excluding hydrogens is 424 g/mol. The van der Waals surface area contributed by atoms with Gasteiger partial charge in [-0.1, -0.05) is 0 Å². The van der Waals surface area contributed by atoms with Crippen molar-refractivity contribution in [3.05, 3.63) is 60.9 Å². The number of carbonyl (C=O) groups is 2. The minimum Gasteiger partial charge on any atom is -0.361 e. The largest absolute Gasteiger partial charge is 0.361 e. The fourth-order valence-corrected chi connectivity index (χ4v) is 7.58. The Labute approximate surface area is 197 Å². The van der Waals surface area contributed by atoms with Gasteiger partial charge in [-0.05, 0) is 98.9 Å². The lowest BCUT2D eigenvalue weighted by Crippen LogP contribution is -2.59. The van der Waals surface area contributed by atoms with E-state index in [2.05, 4.69) is 20.6 Å². The molecule has 8 rings (SSSR count). The molecule has 0 unspecified atom stereocenters. The van der Waals surface area contributed by atoms with Crippen LogP contribution >= 0.6 is 0 Å². The maximum absolute atomic E-state index is 13.7. The van der Waals surface area contributed by atoms with Crippen LogP contribution in [0.4, 0.5) is 11.4 Å².